The monoisotopic (exact) mass is 559 g/mol. The molecule has 41 heavy (non-hydrogen) atoms. The number of carbonyl (C=O) groups is 1. The van der Waals surface area contributed by atoms with Crippen molar-refractivity contribution in [2.45, 2.75) is 13.8 Å². The molecule has 10 heteroatoms. The summed E-state index contributed by atoms with van der Waals surface area (Å²) in [7, 11) is 0. The average Bonchev–Trinajstić information content (AvgIpc) is 2.98. The molecule has 0 aromatic heterocycles. The van der Waals surface area contributed by atoms with Gasteiger partial charge in [-0.3, -0.25) is 20.5 Å². The first-order chi connectivity index (χ1) is 19.9. The van der Waals surface area contributed by atoms with Gasteiger partial charge in [0.1, 0.15) is 23.0 Å². The highest BCUT2D eigenvalue weighted by atomic mass is 16.5. The topological polar surface area (TPSA) is 134 Å². The standard InChI is InChI=1S/C31H37N5O5/c1-3-38-29(33)22-5-9-25(10-6-22)40-27-19-24(31(37)36-17-15-35(14-13-32)16-18-36)20-28(21-27)41-26-11-7-23(8-12-26)30(34)39-4-2/h5-12,19-21,33-34H,3-4,13-18,32H2,1-2H3. The number of piperazine rings is 1. The lowest BCUT2D eigenvalue weighted by Gasteiger charge is -2.34. The number of hydrogen-bond donors (Lipinski definition) is 3. The number of nitrogens with two attached hydrogens (primary N) is 1. The molecule has 216 valence electrons. The summed E-state index contributed by atoms with van der Waals surface area (Å²) in [6.07, 6.45) is 0. The smallest absolute Gasteiger partial charge is 0.254 e. The fraction of sp³-hybridized carbons (Fsp3) is 0.323. The maximum atomic E-state index is 13.5. The van der Waals surface area contributed by atoms with E-state index in [4.69, 9.17) is 35.5 Å². The Morgan fingerprint density at radius 2 is 1.17 bits per heavy atom. The lowest BCUT2D eigenvalue weighted by Crippen LogP contribution is -2.49. The van der Waals surface area contributed by atoms with E-state index in [0.29, 0.717) is 72.5 Å². The van der Waals surface area contributed by atoms with Crippen LogP contribution in [0.1, 0.15) is 35.3 Å². The number of hydrogen-bond acceptors (Lipinski definition) is 9. The highest BCUT2D eigenvalue weighted by Gasteiger charge is 2.23. The van der Waals surface area contributed by atoms with Gasteiger partial charge < -0.3 is 29.6 Å². The van der Waals surface area contributed by atoms with Crippen molar-refractivity contribution < 1.29 is 23.7 Å². The lowest BCUT2D eigenvalue weighted by molar-refractivity contribution is 0.0640. The molecule has 3 aromatic rings. The molecule has 0 unspecified atom stereocenters. The molecule has 0 radical (unpaired) electrons. The van der Waals surface area contributed by atoms with Gasteiger partial charge in [0.05, 0.1) is 13.2 Å². The van der Waals surface area contributed by atoms with E-state index in [-0.39, 0.29) is 17.7 Å². The third kappa shape index (κ3) is 8.06. The fourth-order valence-electron chi connectivity index (χ4n) is 4.43. The Bertz CT molecular complexity index is 1250. The summed E-state index contributed by atoms with van der Waals surface area (Å²) in [5.41, 5.74) is 7.43. The number of carbonyl (C=O) groups excluding carboxylic acids is 1. The van der Waals surface area contributed by atoms with Crippen molar-refractivity contribution in [3.63, 3.8) is 0 Å². The van der Waals surface area contributed by atoms with Crippen LogP contribution < -0.4 is 15.2 Å². The SMILES string of the molecule is CCOC(=N)c1ccc(Oc2cc(Oc3ccc(C(=N)OCC)cc3)cc(C(=O)N3CCN(CCN)CC3)c2)cc1. The van der Waals surface area contributed by atoms with Crippen molar-refractivity contribution in [2.24, 2.45) is 5.73 Å². The number of amides is 1. The molecule has 0 bridgehead atoms. The molecular weight excluding hydrogens is 522 g/mol. The van der Waals surface area contributed by atoms with Crippen LogP contribution in [0.4, 0.5) is 0 Å². The second-order valence-corrected chi connectivity index (χ2v) is 9.39. The van der Waals surface area contributed by atoms with Gasteiger partial charge in [-0.1, -0.05) is 0 Å². The van der Waals surface area contributed by atoms with E-state index in [1.807, 2.05) is 18.7 Å². The summed E-state index contributed by atoms with van der Waals surface area (Å²) in [6.45, 7) is 8.68. The Balaban J connectivity index is 1.56. The molecule has 1 fully saturated rings. The Morgan fingerprint density at radius 1 is 0.707 bits per heavy atom. The number of nitrogens with one attached hydrogen (secondary N) is 2. The van der Waals surface area contributed by atoms with E-state index in [0.717, 1.165) is 19.6 Å². The maximum Gasteiger partial charge on any atom is 0.254 e. The van der Waals surface area contributed by atoms with Crippen molar-refractivity contribution in [1.29, 1.82) is 10.8 Å². The zero-order valence-corrected chi connectivity index (χ0v) is 23.5. The summed E-state index contributed by atoms with van der Waals surface area (Å²) in [5.74, 6) is 2.05. The van der Waals surface area contributed by atoms with E-state index < -0.39 is 0 Å². The minimum Gasteiger partial charge on any atom is -0.478 e. The molecule has 4 rings (SSSR count). The van der Waals surface area contributed by atoms with Gasteiger partial charge in [0, 0.05) is 62.0 Å². The van der Waals surface area contributed by atoms with E-state index in [1.165, 1.54) is 0 Å². The first-order valence-electron chi connectivity index (χ1n) is 13.8. The normalized spacial score (nSPS) is 13.4. The number of rotatable bonds is 11. The number of benzene rings is 3. The Kier molecular flexibility index (Phi) is 10.3. The second-order valence-electron chi connectivity index (χ2n) is 9.39. The number of ether oxygens (including phenoxy) is 4. The molecule has 4 N–H and O–H groups in total. The van der Waals surface area contributed by atoms with Gasteiger partial charge in [0.2, 0.25) is 11.8 Å². The average molecular weight is 560 g/mol. The predicted octanol–water partition coefficient (Wildman–Crippen LogP) is 4.71. The van der Waals surface area contributed by atoms with Crippen LogP contribution in [0.2, 0.25) is 0 Å². The molecule has 10 nitrogen and oxygen atoms in total. The van der Waals surface area contributed by atoms with E-state index in [2.05, 4.69) is 4.90 Å². The van der Waals surface area contributed by atoms with Crippen LogP contribution in [0.5, 0.6) is 23.0 Å². The molecule has 1 aliphatic heterocycles. The Morgan fingerprint density at radius 3 is 1.59 bits per heavy atom. The molecule has 0 aliphatic carbocycles. The molecule has 0 atom stereocenters. The summed E-state index contributed by atoms with van der Waals surface area (Å²) >= 11 is 0. The van der Waals surface area contributed by atoms with Gasteiger partial charge >= 0.3 is 0 Å². The molecular formula is C31H37N5O5. The van der Waals surface area contributed by atoms with Crippen LogP contribution in [-0.2, 0) is 9.47 Å². The van der Waals surface area contributed by atoms with Crippen LogP contribution in [0.25, 0.3) is 0 Å². The van der Waals surface area contributed by atoms with Crippen LogP contribution >= 0.6 is 0 Å². The minimum absolute atomic E-state index is 0.0938. The Hall–Kier alpha value is -4.41. The Labute approximate surface area is 240 Å². The van der Waals surface area contributed by atoms with Crippen LogP contribution in [0.3, 0.4) is 0 Å². The van der Waals surface area contributed by atoms with Gasteiger partial charge in [0.15, 0.2) is 0 Å². The zero-order valence-electron chi connectivity index (χ0n) is 23.5. The third-order valence-corrected chi connectivity index (χ3v) is 6.51. The van der Waals surface area contributed by atoms with Crippen LogP contribution in [0.15, 0.2) is 66.7 Å². The molecule has 1 amide bonds. The van der Waals surface area contributed by atoms with Crippen molar-refractivity contribution in [1.82, 2.24) is 9.80 Å². The van der Waals surface area contributed by atoms with Crippen molar-refractivity contribution >= 4 is 17.7 Å². The molecule has 1 saturated heterocycles. The predicted molar refractivity (Wildman–Crippen MR) is 158 cm³/mol. The summed E-state index contributed by atoms with van der Waals surface area (Å²) in [4.78, 5) is 17.6. The highest BCUT2D eigenvalue weighted by molar-refractivity contribution is 5.95. The van der Waals surface area contributed by atoms with Gasteiger partial charge in [-0.25, -0.2) is 0 Å². The fourth-order valence-corrected chi connectivity index (χ4v) is 4.43. The van der Waals surface area contributed by atoms with Gasteiger partial charge in [-0.15, -0.1) is 0 Å². The van der Waals surface area contributed by atoms with Gasteiger partial charge in [-0.2, -0.15) is 0 Å². The molecule has 0 saturated carbocycles. The first kappa shape index (κ1) is 29.6. The zero-order chi connectivity index (χ0) is 29.2. The van der Waals surface area contributed by atoms with Gasteiger partial charge in [-0.05, 0) is 74.5 Å². The molecule has 0 spiro atoms. The number of nitrogens with zero attached hydrogens (tertiary/aromatic N) is 2. The largest absolute Gasteiger partial charge is 0.478 e. The maximum absolute atomic E-state index is 13.5. The van der Waals surface area contributed by atoms with Crippen molar-refractivity contribution in [3.8, 4) is 23.0 Å². The summed E-state index contributed by atoms with van der Waals surface area (Å²) in [6, 6.07) is 19.2. The highest BCUT2D eigenvalue weighted by Crippen LogP contribution is 2.31. The summed E-state index contributed by atoms with van der Waals surface area (Å²) in [5, 5.41) is 15.9. The second kappa shape index (κ2) is 14.3. The van der Waals surface area contributed by atoms with E-state index in [1.54, 1.807) is 66.7 Å². The molecule has 1 aliphatic rings. The third-order valence-electron chi connectivity index (χ3n) is 6.51. The molecule has 3 aromatic carbocycles. The first-order valence-corrected chi connectivity index (χ1v) is 13.8. The van der Waals surface area contributed by atoms with E-state index >= 15 is 0 Å². The minimum atomic E-state index is -0.103. The quantitative estimate of drug-likeness (QED) is 0.229. The van der Waals surface area contributed by atoms with Crippen molar-refractivity contribution in [3.05, 3.63) is 83.4 Å². The lowest BCUT2D eigenvalue weighted by atomic mass is 10.1. The summed E-state index contributed by atoms with van der Waals surface area (Å²) < 4.78 is 22.8. The van der Waals surface area contributed by atoms with Crippen LogP contribution in [0, 0.1) is 10.8 Å². The molecule has 1 heterocycles. The van der Waals surface area contributed by atoms with Crippen molar-refractivity contribution in [2.75, 3.05) is 52.5 Å². The van der Waals surface area contributed by atoms with Gasteiger partial charge in [0.25, 0.3) is 5.91 Å². The van der Waals surface area contributed by atoms with Crippen LogP contribution in [-0.4, -0.2) is 80.0 Å². The van der Waals surface area contributed by atoms with E-state index in [9.17, 15) is 4.79 Å².